The summed E-state index contributed by atoms with van der Waals surface area (Å²) >= 11 is 0. The first-order valence-electron chi connectivity index (χ1n) is 6.94. The lowest BCUT2D eigenvalue weighted by Crippen LogP contribution is -2.48. The third-order valence-electron chi connectivity index (χ3n) is 3.49. The molecule has 1 aromatic rings. The molecule has 0 radical (unpaired) electrons. The van der Waals surface area contributed by atoms with E-state index in [0.717, 1.165) is 32.7 Å². The summed E-state index contributed by atoms with van der Waals surface area (Å²) in [6, 6.07) is 1.44. The lowest BCUT2D eigenvalue weighted by atomic mass is 10.1. The van der Waals surface area contributed by atoms with Gasteiger partial charge in [-0.05, 0) is 12.0 Å². The molecule has 0 saturated carbocycles. The van der Waals surface area contributed by atoms with Gasteiger partial charge in [0.25, 0.3) is 0 Å². The zero-order chi connectivity index (χ0) is 14.7. The van der Waals surface area contributed by atoms with E-state index in [0.29, 0.717) is 11.7 Å². The number of carbonyl (C=O) groups is 1. The number of carboxylic acid groups (broad SMARTS) is 1. The Kier molecular flexibility index (Phi) is 4.44. The molecule has 6 heteroatoms. The van der Waals surface area contributed by atoms with E-state index in [9.17, 15) is 4.79 Å². The number of rotatable bonds is 4. The highest BCUT2D eigenvalue weighted by molar-refractivity contribution is 5.96. The van der Waals surface area contributed by atoms with E-state index in [2.05, 4.69) is 28.6 Å². The van der Waals surface area contributed by atoms with E-state index in [4.69, 9.17) is 10.8 Å². The van der Waals surface area contributed by atoms with Crippen molar-refractivity contribution in [1.29, 1.82) is 0 Å². The zero-order valence-corrected chi connectivity index (χ0v) is 12.0. The first kappa shape index (κ1) is 14.6. The van der Waals surface area contributed by atoms with Gasteiger partial charge in [-0.1, -0.05) is 13.8 Å². The van der Waals surface area contributed by atoms with Gasteiger partial charge in [-0.25, -0.2) is 9.78 Å². The number of pyridine rings is 1. The van der Waals surface area contributed by atoms with E-state index in [1.54, 1.807) is 0 Å². The van der Waals surface area contributed by atoms with Gasteiger partial charge in [0.1, 0.15) is 0 Å². The normalized spacial score (nSPS) is 16.6. The van der Waals surface area contributed by atoms with Crippen molar-refractivity contribution in [3.05, 3.63) is 17.8 Å². The molecule has 2 heterocycles. The van der Waals surface area contributed by atoms with Crippen LogP contribution in [-0.4, -0.2) is 53.7 Å². The smallest absolute Gasteiger partial charge is 0.337 e. The van der Waals surface area contributed by atoms with Crippen LogP contribution in [0.25, 0.3) is 0 Å². The Labute approximate surface area is 119 Å². The number of anilines is 2. The predicted molar refractivity (Wildman–Crippen MR) is 79.1 cm³/mol. The molecule has 1 fully saturated rings. The SMILES string of the molecule is CC(C)CN1CCN(c2nccc(C(=O)O)c2N)CC1. The molecule has 1 saturated heterocycles. The van der Waals surface area contributed by atoms with Crippen molar-refractivity contribution < 1.29 is 9.90 Å². The van der Waals surface area contributed by atoms with Crippen LogP contribution in [0.15, 0.2) is 12.3 Å². The van der Waals surface area contributed by atoms with Crippen LogP contribution in [0.3, 0.4) is 0 Å². The van der Waals surface area contributed by atoms with Crippen molar-refractivity contribution in [2.24, 2.45) is 5.92 Å². The second-order valence-electron chi connectivity index (χ2n) is 5.58. The number of hydrogen-bond acceptors (Lipinski definition) is 5. The summed E-state index contributed by atoms with van der Waals surface area (Å²) in [5.74, 6) is 0.235. The van der Waals surface area contributed by atoms with Crippen LogP contribution in [-0.2, 0) is 0 Å². The average molecular weight is 278 g/mol. The van der Waals surface area contributed by atoms with Gasteiger partial charge in [-0.15, -0.1) is 0 Å². The average Bonchev–Trinajstić information content (AvgIpc) is 2.39. The molecule has 0 aromatic carbocycles. The van der Waals surface area contributed by atoms with Gasteiger partial charge >= 0.3 is 5.97 Å². The quantitative estimate of drug-likeness (QED) is 0.859. The van der Waals surface area contributed by atoms with Crippen LogP contribution in [0.1, 0.15) is 24.2 Å². The molecule has 1 aliphatic rings. The zero-order valence-electron chi connectivity index (χ0n) is 12.0. The van der Waals surface area contributed by atoms with Crippen molar-refractivity contribution >= 4 is 17.5 Å². The largest absolute Gasteiger partial charge is 0.478 e. The van der Waals surface area contributed by atoms with E-state index in [-0.39, 0.29) is 11.3 Å². The summed E-state index contributed by atoms with van der Waals surface area (Å²) in [7, 11) is 0. The number of hydrogen-bond donors (Lipinski definition) is 2. The highest BCUT2D eigenvalue weighted by Crippen LogP contribution is 2.25. The number of nitrogen functional groups attached to an aromatic ring is 1. The Hall–Kier alpha value is -1.82. The van der Waals surface area contributed by atoms with Crippen molar-refractivity contribution in [2.45, 2.75) is 13.8 Å². The highest BCUT2D eigenvalue weighted by Gasteiger charge is 2.22. The number of aromatic carboxylic acids is 1. The fourth-order valence-corrected chi connectivity index (χ4v) is 2.56. The number of carboxylic acids is 1. The molecule has 1 aromatic heterocycles. The van der Waals surface area contributed by atoms with Crippen molar-refractivity contribution in [3.8, 4) is 0 Å². The minimum Gasteiger partial charge on any atom is -0.478 e. The molecule has 0 bridgehead atoms. The summed E-state index contributed by atoms with van der Waals surface area (Å²) < 4.78 is 0. The van der Waals surface area contributed by atoms with Crippen molar-refractivity contribution in [3.63, 3.8) is 0 Å². The number of nitrogens with zero attached hydrogens (tertiary/aromatic N) is 3. The first-order valence-corrected chi connectivity index (χ1v) is 6.94. The molecule has 0 aliphatic carbocycles. The fourth-order valence-electron chi connectivity index (χ4n) is 2.56. The standard InChI is InChI=1S/C14H22N4O2/c1-10(2)9-17-5-7-18(8-6-17)13-12(15)11(14(19)20)3-4-16-13/h3-4,10H,5-9,15H2,1-2H3,(H,19,20). The maximum Gasteiger partial charge on any atom is 0.337 e. The minimum absolute atomic E-state index is 0.125. The summed E-state index contributed by atoms with van der Waals surface area (Å²) in [6.45, 7) is 9.07. The molecule has 0 amide bonds. The molecule has 6 nitrogen and oxygen atoms in total. The second kappa shape index (κ2) is 6.09. The third kappa shape index (κ3) is 3.19. The van der Waals surface area contributed by atoms with Crippen LogP contribution in [0.4, 0.5) is 11.5 Å². The second-order valence-corrected chi connectivity index (χ2v) is 5.58. The Morgan fingerprint density at radius 1 is 1.40 bits per heavy atom. The fraction of sp³-hybridized carbons (Fsp3) is 0.571. The third-order valence-corrected chi connectivity index (χ3v) is 3.49. The van der Waals surface area contributed by atoms with Crippen molar-refractivity contribution in [1.82, 2.24) is 9.88 Å². The summed E-state index contributed by atoms with van der Waals surface area (Å²) in [5, 5.41) is 9.10. The molecule has 0 spiro atoms. The van der Waals surface area contributed by atoms with E-state index in [1.165, 1.54) is 12.3 Å². The van der Waals surface area contributed by atoms with Crippen molar-refractivity contribution in [2.75, 3.05) is 43.4 Å². The minimum atomic E-state index is -1.01. The van der Waals surface area contributed by atoms with Crippen LogP contribution in [0.2, 0.25) is 0 Å². The van der Waals surface area contributed by atoms with Gasteiger partial charge in [-0.2, -0.15) is 0 Å². The summed E-state index contributed by atoms with van der Waals surface area (Å²) in [5.41, 5.74) is 6.32. The molecular weight excluding hydrogens is 256 g/mol. The molecule has 0 atom stereocenters. The van der Waals surface area contributed by atoms with Gasteiger partial charge < -0.3 is 15.7 Å². The highest BCUT2D eigenvalue weighted by atomic mass is 16.4. The summed E-state index contributed by atoms with van der Waals surface area (Å²) in [4.78, 5) is 19.8. The molecular formula is C14H22N4O2. The number of piperazine rings is 1. The Bertz CT molecular complexity index is 482. The Morgan fingerprint density at radius 2 is 2.05 bits per heavy atom. The van der Waals surface area contributed by atoms with Gasteiger partial charge in [0.2, 0.25) is 0 Å². The van der Waals surface area contributed by atoms with Crippen LogP contribution >= 0.6 is 0 Å². The molecule has 110 valence electrons. The molecule has 1 aliphatic heterocycles. The monoisotopic (exact) mass is 278 g/mol. The van der Waals surface area contributed by atoms with Crippen LogP contribution in [0, 0.1) is 5.92 Å². The van der Waals surface area contributed by atoms with E-state index >= 15 is 0 Å². The maximum atomic E-state index is 11.1. The van der Waals surface area contributed by atoms with Crippen LogP contribution < -0.4 is 10.6 Å². The van der Waals surface area contributed by atoms with E-state index < -0.39 is 5.97 Å². The Balaban J connectivity index is 2.07. The molecule has 3 N–H and O–H groups in total. The lowest BCUT2D eigenvalue weighted by Gasteiger charge is -2.36. The number of aromatic nitrogens is 1. The first-order chi connectivity index (χ1) is 9.49. The topological polar surface area (TPSA) is 82.7 Å². The molecule has 0 unspecified atom stereocenters. The molecule has 20 heavy (non-hydrogen) atoms. The molecule has 2 rings (SSSR count). The van der Waals surface area contributed by atoms with Gasteiger partial charge in [0.15, 0.2) is 5.82 Å². The Morgan fingerprint density at radius 3 is 2.60 bits per heavy atom. The van der Waals surface area contributed by atoms with Gasteiger partial charge in [0, 0.05) is 38.9 Å². The van der Waals surface area contributed by atoms with Gasteiger partial charge in [0.05, 0.1) is 11.3 Å². The lowest BCUT2D eigenvalue weighted by molar-refractivity contribution is 0.0698. The predicted octanol–water partition coefficient (Wildman–Crippen LogP) is 1.14. The number of nitrogens with two attached hydrogens (primary N) is 1. The van der Waals surface area contributed by atoms with E-state index in [1.807, 2.05) is 0 Å². The summed E-state index contributed by atoms with van der Waals surface area (Å²) in [6.07, 6.45) is 1.51. The maximum absolute atomic E-state index is 11.1. The van der Waals surface area contributed by atoms with Crippen LogP contribution in [0.5, 0.6) is 0 Å². The van der Waals surface area contributed by atoms with Gasteiger partial charge in [-0.3, -0.25) is 4.90 Å².